The fourth-order valence-electron chi connectivity index (χ4n) is 1.63. The van der Waals surface area contributed by atoms with Crippen LogP contribution < -0.4 is 5.32 Å². The molecule has 0 fully saturated rings. The van der Waals surface area contributed by atoms with Crippen LogP contribution in [0.5, 0.6) is 0 Å². The van der Waals surface area contributed by atoms with E-state index < -0.39 is 80.5 Å². The van der Waals surface area contributed by atoms with Crippen molar-refractivity contribution in [2.24, 2.45) is 0 Å². The van der Waals surface area contributed by atoms with Crippen LogP contribution in [-0.2, 0) is 14.3 Å². The number of rotatable bonds is 13. The van der Waals surface area contributed by atoms with Crippen LogP contribution in [0, 0.1) is 0 Å². The lowest BCUT2D eigenvalue weighted by Gasteiger charge is -2.39. The fraction of sp³-hybridized carbons (Fsp3) is 0.923. The second-order valence-corrected chi connectivity index (χ2v) is 6.07. The van der Waals surface area contributed by atoms with Gasteiger partial charge in [-0.2, -0.15) is 65.9 Å². The van der Waals surface area contributed by atoms with Crippen molar-refractivity contribution < 1.29 is 90.3 Å². The van der Waals surface area contributed by atoms with Crippen LogP contribution in [0.25, 0.3) is 0 Å². The number of carbonyl (C=O) groups is 1. The number of hydrogen-bond donors (Lipinski definition) is 3. The molecule has 204 valence electrons. The minimum atomic E-state index is -8.16. The van der Waals surface area contributed by atoms with Crippen molar-refractivity contribution in [1.29, 1.82) is 0 Å². The second-order valence-electron chi connectivity index (χ2n) is 6.07. The van der Waals surface area contributed by atoms with Crippen LogP contribution in [0.3, 0.4) is 0 Å². The molecule has 3 N–H and O–H groups in total. The molecule has 0 heterocycles. The molecule has 0 aromatic heterocycles. The van der Waals surface area contributed by atoms with E-state index in [2.05, 4.69) is 9.47 Å². The molecule has 1 atom stereocenters. The maximum Gasteiger partial charge on any atom is 0.460 e. The average molecular weight is 547 g/mol. The van der Waals surface area contributed by atoms with Gasteiger partial charge in [-0.15, -0.1) is 0 Å². The van der Waals surface area contributed by atoms with E-state index in [1.807, 2.05) is 0 Å². The summed E-state index contributed by atoms with van der Waals surface area (Å²) in [6.07, 6.45) is -21.3. The molecule has 0 spiro atoms. The quantitative estimate of drug-likeness (QED) is 0.244. The predicted octanol–water partition coefficient (Wildman–Crippen LogP) is 2.78. The van der Waals surface area contributed by atoms with Crippen molar-refractivity contribution in [2.45, 2.75) is 48.2 Å². The maximum atomic E-state index is 13.3. The summed E-state index contributed by atoms with van der Waals surface area (Å²) in [5.74, 6) is -34.4. The van der Waals surface area contributed by atoms with Crippen molar-refractivity contribution >= 4 is 5.91 Å². The Balaban J connectivity index is 5.38. The molecule has 0 aromatic rings. The van der Waals surface area contributed by atoms with E-state index >= 15 is 0 Å². The summed E-state index contributed by atoms with van der Waals surface area (Å²) in [5, 5.41) is 18.5. The summed E-state index contributed by atoms with van der Waals surface area (Å²) >= 11 is 0. The number of hydrogen-bond acceptors (Lipinski definition) is 5. The molecule has 0 saturated heterocycles. The molecule has 0 aromatic carbocycles. The van der Waals surface area contributed by atoms with Crippen LogP contribution in [-0.4, -0.2) is 90.7 Å². The lowest BCUT2D eigenvalue weighted by Crippen LogP contribution is -2.70. The van der Waals surface area contributed by atoms with Gasteiger partial charge < -0.3 is 25.0 Å². The lowest BCUT2D eigenvalue weighted by molar-refractivity contribution is -0.466. The van der Waals surface area contributed by atoms with E-state index in [0.717, 1.165) is 0 Å². The summed E-state index contributed by atoms with van der Waals surface area (Å²) in [6.45, 7) is -6.44. The van der Waals surface area contributed by atoms with Crippen LogP contribution in [0.1, 0.15) is 0 Å². The van der Waals surface area contributed by atoms with Gasteiger partial charge in [-0.25, -0.2) is 0 Å². The Bertz CT molecular complexity index is 697. The largest absolute Gasteiger partial charge is 0.460 e. The molecule has 0 aliphatic heterocycles. The van der Waals surface area contributed by atoms with Gasteiger partial charge in [0.25, 0.3) is 0 Å². The Morgan fingerprint density at radius 2 is 1.12 bits per heavy atom. The Morgan fingerprint density at radius 1 is 0.706 bits per heavy atom. The number of halogens is 15. The maximum absolute atomic E-state index is 13.3. The molecule has 1 unspecified atom stereocenters. The summed E-state index contributed by atoms with van der Waals surface area (Å²) in [5.41, 5.74) is 0. The number of amides is 1. The lowest BCUT2D eigenvalue weighted by atomic mass is 9.97. The summed E-state index contributed by atoms with van der Waals surface area (Å²) in [4.78, 5) is 11.0. The minimum absolute atomic E-state index is 1.01. The van der Waals surface area contributed by atoms with Crippen molar-refractivity contribution in [1.82, 2.24) is 5.32 Å². The zero-order valence-electron chi connectivity index (χ0n) is 15.7. The standard InChI is InChI=1S/C13H12F15NO5/c14-7(15,6(32)29-3-5(31)4-30)33-1-2-34-13(27,28)11(22,23)9(18,19)8(16,17)10(20,21)12(24,25)26/h5,30-31H,1-4H2,(H,29,32). The van der Waals surface area contributed by atoms with Gasteiger partial charge in [0.05, 0.1) is 25.9 Å². The molecule has 0 aliphatic rings. The smallest absolute Gasteiger partial charge is 0.394 e. The van der Waals surface area contributed by atoms with Gasteiger partial charge in [-0.1, -0.05) is 0 Å². The van der Waals surface area contributed by atoms with E-state index in [-0.39, 0.29) is 0 Å². The Labute approximate surface area is 177 Å². The summed E-state index contributed by atoms with van der Waals surface area (Å²) in [6, 6.07) is 0. The van der Waals surface area contributed by atoms with Crippen molar-refractivity contribution in [2.75, 3.05) is 26.4 Å². The number of aliphatic hydroxyl groups is 2. The fourth-order valence-corrected chi connectivity index (χ4v) is 1.63. The Morgan fingerprint density at radius 3 is 1.53 bits per heavy atom. The number of alkyl halides is 15. The minimum Gasteiger partial charge on any atom is -0.394 e. The first kappa shape index (κ1) is 32.3. The third-order valence-corrected chi connectivity index (χ3v) is 3.53. The van der Waals surface area contributed by atoms with Gasteiger partial charge in [-0.3, -0.25) is 4.79 Å². The molecule has 1 amide bonds. The SMILES string of the molecule is O=C(NCC(O)CO)C(F)(F)OCCOC(F)(F)C(F)(F)C(F)(F)C(F)(F)C(F)(F)C(F)(F)F. The number of carbonyl (C=O) groups excluding carboxylic acids is 1. The summed E-state index contributed by atoms with van der Waals surface area (Å²) in [7, 11) is 0. The van der Waals surface area contributed by atoms with E-state index in [1.165, 1.54) is 5.32 Å². The van der Waals surface area contributed by atoms with Gasteiger partial charge in [0.1, 0.15) is 0 Å². The van der Waals surface area contributed by atoms with Gasteiger partial charge >= 0.3 is 48.0 Å². The molecule has 0 saturated carbocycles. The topological polar surface area (TPSA) is 88.0 Å². The van der Waals surface area contributed by atoms with Crippen LogP contribution >= 0.6 is 0 Å². The molecule has 0 rings (SSSR count). The van der Waals surface area contributed by atoms with Gasteiger partial charge in [0.2, 0.25) is 0 Å². The van der Waals surface area contributed by atoms with E-state index in [4.69, 9.17) is 10.2 Å². The Kier molecular flexibility index (Phi) is 9.57. The van der Waals surface area contributed by atoms with Crippen molar-refractivity contribution in [3.05, 3.63) is 0 Å². The molecule has 34 heavy (non-hydrogen) atoms. The second kappa shape index (κ2) is 10.1. The molecule has 6 nitrogen and oxygen atoms in total. The van der Waals surface area contributed by atoms with Gasteiger partial charge in [0, 0.05) is 6.54 Å². The van der Waals surface area contributed by atoms with Gasteiger partial charge in [-0.05, 0) is 0 Å². The first-order chi connectivity index (χ1) is 14.8. The molecular weight excluding hydrogens is 535 g/mol. The number of ether oxygens (including phenoxy) is 2. The monoisotopic (exact) mass is 547 g/mol. The predicted molar refractivity (Wildman–Crippen MR) is 73.7 cm³/mol. The number of aliphatic hydroxyl groups excluding tert-OH is 2. The van der Waals surface area contributed by atoms with Crippen molar-refractivity contribution in [3.8, 4) is 0 Å². The highest BCUT2D eigenvalue weighted by atomic mass is 19.4. The van der Waals surface area contributed by atoms with Crippen LogP contribution in [0.15, 0.2) is 0 Å². The highest BCUT2D eigenvalue weighted by Crippen LogP contribution is 2.60. The molecular formula is C13H12F15NO5. The number of nitrogens with one attached hydrogen (secondary N) is 1. The van der Waals surface area contributed by atoms with E-state index in [9.17, 15) is 70.7 Å². The van der Waals surface area contributed by atoms with Crippen LogP contribution in [0.4, 0.5) is 65.9 Å². The Hall–Kier alpha value is -1.74. The molecule has 21 heteroatoms. The van der Waals surface area contributed by atoms with Crippen molar-refractivity contribution in [3.63, 3.8) is 0 Å². The summed E-state index contributed by atoms with van der Waals surface area (Å²) < 4.78 is 199. The third-order valence-electron chi connectivity index (χ3n) is 3.53. The molecule has 0 radical (unpaired) electrons. The van der Waals surface area contributed by atoms with E-state index in [0.29, 0.717) is 0 Å². The first-order valence-electron chi connectivity index (χ1n) is 8.02. The zero-order chi connectivity index (χ0) is 27.6. The van der Waals surface area contributed by atoms with Gasteiger partial charge in [0.15, 0.2) is 0 Å². The zero-order valence-corrected chi connectivity index (χ0v) is 15.7. The van der Waals surface area contributed by atoms with Crippen LogP contribution in [0.2, 0.25) is 0 Å². The first-order valence-corrected chi connectivity index (χ1v) is 8.02. The average Bonchev–Trinajstić information content (AvgIpc) is 2.67. The highest BCUT2D eigenvalue weighted by Gasteiger charge is 2.91. The normalized spacial score (nSPS) is 15.9. The third kappa shape index (κ3) is 6.08. The highest BCUT2D eigenvalue weighted by molar-refractivity contribution is 5.81. The molecule has 0 bridgehead atoms. The van der Waals surface area contributed by atoms with E-state index in [1.54, 1.807) is 0 Å². The molecule has 0 aliphatic carbocycles.